The average Bonchev–Trinajstić information content (AvgIpc) is 2.32. The summed E-state index contributed by atoms with van der Waals surface area (Å²) in [6.07, 6.45) is 0. The number of sulfone groups is 1. The molecule has 0 aliphatic carbocycles. The van der Waals surface area contributed by atoms with E-state index in [9.17, 15) is 13.2 Å². The number of carbonyl (C=O) groups is 1. The van der Waals surface area contributed by atoms with Crippen molar-refractivity contribution in [1.82, 2.24) is 5.32 Å². The second kappa shape index (κ2) is 6.68. The fourth-order valence-electron chi connectivity index (χ4n) is 1.23. The standard InChI is InChI=1S/C11H13Br2NO3S/c1-2-18(16,17)6-5-14-11(15)9-7-8(12)3-4-10(9)13/h3-4,7H,2,5-6H2,1H3,(H,14,15). The van der Waals surface area contributed by atoms with Crippen LogP contribution >= 0.6 is 31.9 Å². The Bertz CT molecular complexity index is 543. The molecule has 0 aromatic heterocycles. The van der Waals surface area contributed by atoms with Gasteiger partial charge in [-0.3, -0.25) is 4.79 Å². The van der Waals surface area contributed by atoms with Crippen molar-refractivity contribution in [3.8, 4) is 0 Å². The molecule has 0 saturated heterocycles. The Morgan fingerprint density at radius 2 is 2.00 bits per heavy atom. The lowest BCUT2D eigenvalue weighted by Gasteiger charge is -2.07. The molecule has 1 aromatic carbocycles. The van der Waals surface area contributed by atoms with Crippen LogP contribution in [0, 0.1) is 0 Å². The Morgan fingerprint density at radius 1 is 1.33 bits per heavy atom. The first kappa shape index (κ1) is 15.7. The number of amides is 1. The fraction of sp³-hybridized carbons (Fsp3) is 0.364. The maximum absolute atomic E-state index is 11.8. The molecule has 0 fully saturated rings. The van der Waals surface area contributed by atoms with E-state index in [4.69, 9.17) is 0 Å². The third-order valence-corrected chi connectivity index (χ3v) is 5.20. The molecule has 7 heteroatoms. The van der Waals surface area contributed by atoms with Crippen LogP contribution in [-0.2, 0) is 9.84 Å². The van der Waals surface area contributed by atoms with E-state index in [2.05, 4.69) is 37.2 Å². The van der Waals surface area contributed by atoms with Crippen LogP contribution in [0.1, 0.15) is 17.3 Å². The van der Waals surface area contributed by atoms with Gasteiger partial charge in [0.25, 0.3) is 5.91 Å². The Kier molecular flexibility index (Phi) is 5.81. The van der Waals surface area contributed by atoms with Crippen molar-refractivity contribution in [2.45, 2.75) is 6.92 Å². The average molecular weight is 399 g/mol. The van der Waals surface area contributed by atoms with E-state index in [1.165, 1.54) is 0 Å². The van der Waals surface area contributed by atoms with E-state index in [-0.39, 0.29) is 24.0 Å². The largest absolute Gasteiger partial charge is 0.351 e. The van der Waals surface area contributed by atoms with Gasteiger partial charge in [0.1, 0.15) is 0 Å². The van der Waals surface area contributed by atoms with E-state index in [0.29, 0.717) is 10.0 Å². The van der Waals surface area contributed by atoms with Gasteiger partial charge in [-0.15, -0.1) is 0 Å². The molecule has 0 heterocycles. The number of hydrogen-bond donors (Lipinski definition) is 1. The van der Waals surface area contributed by atoms with Gasteiger partial charge in [0, 0.05) is 21.2 Å². The number of carbonyl (C=O) groups excluding carboxylic acids is 1. The van der Waals surface area contributed by atoms with E-state index in [1.807, 2.05) is 6.07 Å². The van der Waals surface area contributed by atoms with Gasteiger partial charge in [-0.05, 0) is 34.1 Å². The smallest absolute Gasteiger partial charge is 0.252 e. The molecular weight excluding hydrogens is 386 g/mol. The summed E-state index contributed by atoms with van der Waals surface area (Å²) in [6.45, 7) is 1.70. The highest BCUT2D eigenvalue weighted by Crippen LogP contribution is 2.21. The molecule has 0 aliphatic rings. The molecule has 0 radical (unpaired) electrons. The molecule has 0 spiro atoms. The first-order chi connectivity index (χ1) is 8.35. The molecule has 4 nitrogen and oxygen atoms in total. The van der Waals surface area contributed by atoms with Crippen molar-refractivity contribution >= 4 is 47.6 Å². The van der Waals surface area contributed by atoms with E-state index >= 15 is 0 Å². The summed E-state index contributed by atoms with van der Waals surface area (Å²) in [5.74, 6) is -0.251. The number of halogens is 2. The summed E-state index contributed by atoms with van der Waals surface area (Å²) in [6, 6.07) is 5.23. The molecule has 18 heavy (non-hydrogen) atoms. The van der Waals surface area contributed by atoms with Crippen LogP contribution < -0.4 is 5.32 Å². The van der Waals surface area contributed by atoms with Crippen LogP contribution in [0.2, 0.25) is 0 Å². The zero-order valence-corrected chi connectivity index (χ0v) is 13.7. The molecule has 1 aromatic rings. The van der Waals surface area contributed by atoms with Gasteiger partial charge < -0.3 is 5.32 Å². The zero-order chi connectivity index (χ0) is 13.8. The summed E-state index contributed by atoms with van der Waals surface area (Å²) in [4.78, 5) is 11.8. The van der Waals surface area contributed by atoms with Crippen LogP contribution in [0.15, 0.2) is 27.1 Å². The topological polar surface area (TPSA) is 63.2 Å². The Labute approximate surface area is 123 Å². The SMILES string of the molecule is CCS(=O)(=O)CCNC(=O)c1cc(Br)ccc1Br. The Morgan fingerprint density at radius 3 is 2.61 bits per heavy atom. The summed E-state index contributed by atoms with van der Waals surface area (Å²) in [5, 5.41) is 2.59. The number of benzene rings is 1. The van der Waals surface area contributed by atoms with Crippen molar-refractivity contribution in [2.24, 2.45) is 0 Å². The van der Waals surface area contributed by atoms with Crippen molar-refractivity contribution in [2.75, 3.05) is 18.1 Å². The predicted molar refractivity (Wildman–Crippen MR) is 78.5 cm³/mol. The third kappa shape index (κ3) is 4.70. The lowest BCUT2D eigenvalue weighted by molar-refractivity contribution is 0.0955. The highest BCUT2D eigenvalue weighted by Gasteiger charge is 2.12. The third-order valence-electron chi connectivity index (χ3n) is 2.31. The molecule has 100 valence electrons. The second-order valence-corrected chi connectivity index (χ2v) is 7.86. The Hall–Kier alpha value is -0.400. The van der Waals surface area contributed by atoms with E-state index in [0.717, 1.165) is 4.47 Å². The molecule has 1 N–H and O–H groups in total. The van der Waals surface area contributed by atoms with Gasteiger partial charge in [-0.1, -0.05) is 22.9 Å². The predicted octanol–water partition coefficient (Wildman–Crippen LogP) is 2.38. The molecule has 0 aliphatic heterocycles. The lowest BCUT2D eigenvalue weighted by Crippen LogP contribution is -2.29. The second-order valence-electron chi connectivity index (χ2n) is 3.62. The normalized spacial score (nSPS) is 11.3. The molecule has 1 amide bonds. The summed E-state index contributed by atoms with van der Waals surface area (Å²) >= 11 is 6.56. The van der Waals surface area contributed by atoms with Crippen molar-refractivity contribution < 1.29 is 13.2 Å². The van der Waals surface area contributed by atoms with Crippen LogP contribution in [0.25, 0.3) is 0 Å². The van der Waals surface area contributed by atoms with Crippen molar-refractivity contribution in [3.63, 3.8) is 0 Å². The lowest BCUT2D eigenvalue weighted by atomic mass is 10.2. The Balaban J connectivity index is 2.64. The molecule has 0 unspecified atom stereocenters. The first-order valence-corrected chi connectivity index (χ1v) is 8.70. The van der Waals surface area contributed by atoms with Crippen molar-refractivity contribution in [3.05, 3.63) is 32.7 Å². The minimum absolute atomic E-state index is 0.0408. The van der Waals surface area contributed by atoms with Crippen LogP contribution in [0.5, 0.6) is 0 Å². The van der Waals surface area contributed by atoms with Gasteiger partial charge in [0.2, 0.25) is 0 Å². The quantitative estimate of drug-likeness (QED) is 0.828. The van der Waals surface area contributed by atoms with Crippen LogP contribution in [0.4, 0.5) is 0 Å². The fourth-order valence-corrected chi connectivity index (χ4v) is 2.72. The zero-order valence-electron chi connectivity index (χ0n) is 9.74. The molecule has 0 bridgehead atoms. The van der Waals surface area contributed by atoms with Gasteiger partial charge in [-0.2, -0.15) is 0 Å². The van der Waals surface area contributed by atoms with Crippen molar-refractivity contribution in [1.29, 1.82) is 0 Å². The summed E-state index contributed by atoms with van der Waals surface area (Å²) < 4.78 is 24.0. The van der Waals surface area contributed by atoms with E-state index in [1.54, 1.807) is 19.1 Å². The number of hydrogen-bond acceptors (Lipinski definition) is 3. The van der Waals surface area contributed by atoms with E-state index < -0.39 is 9.84 Å². The monoisotopic (exact) mass is 397 g/mol. The summed E-state index contributed by atoms with van der Waals surface area (Å²) in [5.41, 5.74) is 0.471. The van der Waals surface area contributed by atoms with Crippen LogP contribution in [0.3, 0.4) is 0 Å². The molecular formula is C11H13Br2NO3S. The van der Waals surface area contributed by atoms with Gasteiger partial charge in [-0.25, -0.2) is 8.42 Å². The number of nitrogens with one attached hydrogen (secondary N) is 1. The first-order valence-electron chi connectivity index (χ1n) is 5.29. The highest BCUT2D eigenvalue weighted by atomic mass is 79.9. The molecule has 1 rings (SSSR count). The molecule has 0 saturated carbocycles. The van der Waals surface area contributed by atoms with Gasteiger partial charge in [0.05, 0.1) is 11.3 Å². The summed E-state index contributed by atoms with van der Waals surface area (Å²) in [7, 11) is -3.05. The number of rotatable bonds is 5. The minimum Gasteiger partial charge on any atom is -0.351 e. The molecule has 0 atom stereocenters. The highest BCUT2D eigenvalue weighted by molar-refractivity contribution is 9.11. The van der Waals surface area contributed by atoms with Gasteiger partial charge in [0.15, 0.2) is 9.84 Å². The maximum atomic E-state index is 11.8. The minimum atomic E-state index is -3.05. The van der Waals surface area contributed by atoms with Gasteiger partial charge >= 0.3 is 0 Å². The maximum Gasteiger partial charge on any atom is 0.252 e. The van der Waals surface area contributed by atoms with Crippen LogP contribution in [-0.4, -0.2) is 32.4 Å².